The monoisotopic (exact) mass is 1490 g/mol. The van der Waals surface area contributed by atoms with Crippen molar-refractivity contribution in [2.24, 2.45) is 11.8 Å². The zero-order valence-electron chi connectivity index (χ0n) is 64.7. The van der Waals surface area contributed by atoms with Gasteiger partial charge in [-0.25, -0.2) is 0 Å². The van der Waals surface area contributed by atoms with Crippen LogP contribution in [-0.2, 0) is 75.4 Å². The molecular formula is C91H115N11O8. The Labute approximate surface area is 650 Å². The second-order valence-electron chi connectivity index (χ2n) is 30.5. The average molecular weight is 1490 g/mol. The van der Waals surface area contributed by atoms with E-state index < -0.39 is 59.1 Å². The summed E-state index contributed by atoms with van der Waals surface area (Å²) < 4.78 is 0. The zero-order chi connectivity index (χ0) is 77.2. The molecule has 11 rings (SSSR count). The van der Waals surface area contributed by atoms with E-state index in [4.69, 9.17) is 0 Å². The van der Waals surface area contributed by atoms with Gasteiger partial charge in [-0.2, -0.15) is 0 Å². The maximum atomic E-state index is 15.4. The van der Waals surface area contributed by atoms with Gasteiger partial charge in [-0.3, -0.25) is 38.4 Å². The van der Waals surface area contributed by atoms with Crippen molar-refractivity contribution in [3.05, 3.63) is 251 Å². The number of Topliss-reactive ketones (excluding diaryl/α,β-unsaturated/α-hetero) is 1. The molecule has 0 saturated carbocycles. The van der Waals surface area contributed by atoms with E-state index in [1.54, 1.807) is 23.9 Å². The maximum Gasteiger partial charge on any atom is 0.255 e. The lowest BCUT2D eigenvalue weighted by atomic mass is 9.77. The van der Waals surface area contributed by atoms with Crippen LogP contribution in [-0.4, -0.2) is 139 Å². The summed E-state index contributed by atoms with van der Waals surface area (Å²) in [6, 6.07) is 61.7. The Morgan fingerprint density at radius 3 is 1.16 bits per heavy atom. The van der Waals surface area contributed by atoms with Crippen LogP contribution < -0.4 is 47.9 Å². The second-order valence-corrected chi connectivity index (χ2v) is 30.5. The van der Waals surface area contributed by atoms with Crippen LogP contribution in [0, 0.1) is 11.8 Å². The standard InChI is InChI=1S/C91H115N11O8/c1-5-76(92-3)83(104)97-81-68(57-60-94-62-66-32-15-7-16-33-66)49-51-74-53-55-78(101(74)87(81)108)85(106)99-90(70-36-19-10-20-37-70,71-38-21-11-22-39-71)80(103)44-27-9-14-30-64-45-47-65(48-46-64)31-28-29-59-96-89(110)91(72-40-23-12-24-41-72,73-42-25-13-26-43-73)100-86(107)79-56-54-75-52-50-69(58-61-95-63-67-34-17-8-18-35-67)82(88(109)102(75)79)98-84(105)77(6-2)93-4/h7-8,10-13,15-26,32-43,45-48,68-69,74-79,81-82,92-95H,5-6,9,14,27-31,44,49-63H2,1-4H3,(H,96,110)(H,97,104)(H,98,105)(H,99,106)(H,100,107)/t68-,69-,74+,75+,76+,77+,78+,79+,81+,82+/m1/s1. The summed E-state index contributed by atoms with van der Waals surface area (Å²) in [5, 5.41) is 29.5. The fraction of sp³-hybridized carbons (Fsp3) is 0.451. The van der Waals surface area contributed by atoms with E-state index in [2.05, 4.69) is 96.4 Å². The first kappa shape index (κ1) is 81.3. The van der Waals surface area contributed by atoms with Crippen molar-refractivity contribution in [2.75, 3.05) is 33.7 Å². The molecule has 10 atom stereocenters. The summed E-state index contributed by atoms with van der Waals surface area (Å²) in [5.74, 6) is -2.71. The number of hydrogen-bond acceptors (Lipinski definition) is 12. The topological polar surface area (TPSA) is 251 Å². The van der Waals surface area contributed by atoms with Gasteiger partial charge in [0.15, 0.2) is 11.3 Å². The van der Waals surface area contributed by atoms with Crippen LogP contribution in [0.1, 0.15) is 174 Å². The van der Waals surface area contributed by atoms with E-state index in [9.17, 15) is 9.59 Å². The first-order valence-corrected chi connectivity index (χ1v) is 40.6. The SMILES string of the molecule is CC[C@H](NC)C(=O)N[C@@H]1C(=O)N2[C@@H](CC[C@@H]1CCNCc1ccccc1)CC[C@H]2C(=O)NC(C(=O)CCCCCc1ccc(CCCCNC(=O)C(NC(=O)[C@@H]2CC[C@@H]3CC[C@H](CCNCc4ccccc4)[C@H](NC(=O)[C@H](CC)NC)C(=O)N32)(c2ccccc2)c2ccccc2)cc1)(c1ccccc1)c1ccccc1. The Balaban J connectivity index is 0.701. The molecule has 4 fully saturated rings. The normalized spacial score (nSPS) is 20.4. The minimum Gasteiger partial charge on any atom is -0.353 e. The smallest absolute Gasteiger partial charge is 0.255 e. The molecule has 0 radical (unpaired) electrons. The van der Waals surface area contributed by atoms with Crippen LogP contribution in [0.25, 0.3) is 0 Å². The highest BCUT2D eigenvalue weighted by Gasteiger charge is 2.53. The molecule has 7 aromatic rings. The van der Waals surface area contributed by atoms with Crippen molar-refractivity contribution < 1.29 is 38.4 Å². The molecule has 110 heavy (non-hydrogen) atoms. The second kappa shape index (κ2) is 40.3. The number of carbonyl (C=O) groups excluding carboxylic acids is 8. The van der Waals surface area contributed by atoms with Gasteiger partial charge in [-0.1, -0.05) is 227 Å². The van der Waals surface area contributed by atoms with Gasteiger partial charge in [0.25, 0.3) is 5.91 Å². The summed E-state index contributed by atoms with van der Waals surface area (Å²) in [4.78, 5) is 123. The molecule has 19 heteroatoms. The van der Waals surface area contributed by atoms with Crippen LogP contribution in [0.15, 0.2) is 206 Å². The molecule has 4 heterocycles. The summed E-state index contributed by atoms with van der Waals surface area (Å²) in [7, 11) is 3.49. The number of nitrogens with one attached hydrogen (secondary N) is 9. The number of fused-ring (bicyclic) bond motifs is 2. The number of amides is 7. The average Bonchev–Trinajstić information content (AvgIpc) is 1.72. The van der Waals surface area contributed by atoms with E-state index >= 15 is 28.8 Å². The predicted octanol–water partition coefficient (Wildman–Crippen LogP) is 10.8. The summed E-state index contributed by atoms with van der Waals surface area (Å²) in [6.45, 7) is 6.85. The number of hydrogen-bond donors (Lipinski definition) is 9. The third-order valence-corrected chi connectivity index (χ3v) is 23.6. The minimum atomic E-state index is -1.66. The van der Waals surface area contributed by atoms with Gasteiger partial charge in [-0.05, 0) is 199 Å². The Kier molecular flexibility index (Phi) is 29.8. The lowest BCUT2D eigenvalue weighted by Gasteiger charge is -2.38. The van der Waals surface area contributed by atoms with Crippen LogP contribution in [0.2, 0.25) is 0 Å². The molecule has 9 N–H and O–H groups in total. The van der Waals surface area contributed by atoms with Crippen molar-refractivity contribution in [2.45, 2.75) is 215 Å². The number of rotatable bonds is 39. The first-order valence-electron chi connectivity index (χ1n) is 40.6. The van der Waals surface area contributed by atoms with E-state index in [1.807, 2.05) is 172 Å². The third kappa shape index (κ3) is 19.9. The number of aryl methyl sites for hydroxylation is 2. The maximum absolute atomic E-state index is 15.4. The van der Waals surface area contributed by atoms with Crippen molar-refractivity contribution in [3.63, 3.8) is 0 Å². The summed E-state index contributed by atoms with van der Waals surface area (Å²) >= 11 is 0. The van der Waals surface area contributed by atoms with E-state index in [1.165, 1.54) is 11.1 Å². The molecular weight excluding hydrogens is 1380 g/mol. The molecule has 7 amide bonds. The largest absolute Gasteiger partial charge is 0.353 e. The lowest BCUT2D eigenvalue weighted by molar-refractivity contribution is -0.145. The van der Waals surface area contributed by atoms with E-state index in [0.29, 0.717) is 145 Å². The van der Waals surface area contributed by atoms with Gasteiger partial charge in [0, 0.05) is 38.1 Å². The highest BCUT2D eigenvalue weighted by atomic mass is 16.2. The molecule has 582 valence electrons. The summed E-state index contributed by atoms with van der Waals surface area (Å²) in [6.07, 6.45) is 12.7. The van der Waals surface area contributed by atoms with Gasteiger partial charge in [0.05, 0.1) is 12.1 Å². The molecule has 0 spiro atoms. The van der Waals surface area contributed by atoms with Crippen LogP contribution >= 0.6 is 0 Å². The fourth-order valence-corrected chi connectivity index (χ4v) is 17.4. The molecule has 19 nitrogen and oxygen atoms in total. The van der Waals surface area contributed by atoms with Crippen LogP contribution in [0.4, 0.5) is 0 Å². The fourth-order valence-electron chi connectivity index (χ4n) is 17.4. The molecule has 0 unspecified atom stereocenters. The van der Waals surface area contributed by atoms with Crippen LogP contribution in [0.3, 0.4) is 0 Å². The minimum absolute atomic E-state index is 0.140. The van der Waals surface area contributed by atoms with Gasteiger partial charge in [0.2, 0.25) is 35.4 Å². The Bertz CT molecular complexity index is 3750. The number of nitrogens with zero attached hydrogens (tertiary/aromatic N) is 2. The highest BCUT2D eigenvalue weighted by molar-refractivity contribution is 6.01. The van der Waals surface area contributed by atoms with Crippen molar-refractivity contribution in [1.82, 2.24) is 57.7 Å². The van der Waals surface area contributed by atoms with E-state index in [-0.39, 0.29) is 65.7 Å². The van der Waals surface area contributed by atoms with Crippen molar-refractivity contribution >= 4 is 47.1 Å². The zero-order valence-corrected chi connectivity index (χ0v) is 64.7. The molecule has 0 bridgehead atoms. The number of ketones is 1. The van der Waals surface area contributed by atoms with Gasteiger partial charge < -0.3 is 57.7 Å². The van der Waals surface area contributed by atoms with E-state index in [0.717, 1.165) is 43.2 Å². The van der Waals surface area contributed by atoms with Gasteiger partial charge in [0.1, 0.15) is 29.7 Å². The van der Waals surface area contributed by atoms with Crippen molar-refractivity contribution in [3.8, 4) is 0 Å². The van der Waals surface area contributed by atoms with Crippen molar-refractivity contribution in [1.29, 1.82) is 0 Å². The number of benzene rings is 7. The Morgan fingerprint density at radius 2 is 0.773 bits per heavy atom. The number of carbonyl (C=O) groups is 8. The Morgan fingerprint density at radius 1 is 0.409 bits per heavy atom. The molecule has 4 aliphatic rings. The molecule has 4 aliphatic heterocycles. The molecule has 4 saturated heterocycles. The number of likely N-dealkylation sites (N-methyl/N-ethyl adjacent to an activating group) is 2. The van der Waals surface area contributed by atoms with Gasteiger partial charge in [-0.15, -0.1) is 0 Å². The summed E-state index contributed by atoms with van der Waals surface area (Å²) in [5.41, 5.74) is 3.89. The first-order chi connectivity index (χ1) is 53.7. The number of unbranched alkanes of at least 4 members (excludes halogenated alkanes) is 3. The molecule has 7 aromatic carbocycles. The highest BCUT2D eigenvalue weighted by Crippen LogP contribution is 2.40. The quantitative estimate of drug-likeness (QED) is 0.0163. The lowest BCUT2D eigenvalue weighted by Crippen LogP contribution is -2.62. The third-order valence-electron chi connectivity index (χ3n) is 23.6. The molecule has 0 aliphatic carbocycles. The molecule has 0 aromatic heterocycles. The van der Waals surface area contributed by atoms with Gasteiger partial charge >= 0.3 is 0 Å². The van der Waals surface area contributed by atoms with Crippen LogP contribution in [0.5, 0.6) is 0 Å². The Hall–Kier alpha value is -9.66. The predicted molar refractivity (Wildman–Crippen MR) is 432 cm³/mol.